The number of hydrogen-bond acceptors (Lipinski definition) is 3. The molecule has 2 atom stereocenters. The average molecular weight is 310 g/mol. The predicted octanol–water partition coefficient (Wildman–Crippen LogP) is 4.15. The third-order valence-electron chi connectivity index (χ3n) is 4.08. The molecular weight excluding hydrogens is 286 g/mol. The Balaban J connectivity index is 1.67. The maximum Gasteiger partial charge on any atom is 0.120 e. The van der Waals surface area contributed by atoms with Gasteiger partial charge in [-0.05, 0) is 67.8 Å². The average Bonchev–Trinajstić information content (AvgIpc) is 2.62. The fourth-order valence-corrected chi connectivity index (χ4v) is 2.93. The lowest BCUT2D eigenvalue weighted by molar-refractivity contribution is 0.120. The topological polar surface area (TPSA) is 30.5 Å². The van der Waals surface area contributed by atoms with E-state index in [4.69, 9.17) is 9.47 Å². The molecule has 1 aliphatic heterocycles. The van der Waals surface area contributed by atoms with E-state index in [1.54, 1.807) is 0 Å². The lowest BCUT2D eigenvalue weighted by atomic mass is 9.94. The van der Waals surface area contributed by atoms with Crippen molar-refractivity contribution in [2.45, 2.75) is 38.3 Å². The molecule has 1 heterocycles. The van der Waals surface area contributed by atoms with Crippen LogP contribution in [0, 0.1) is 6.07 Å². The molecule has 3 heteroatoms. The molecule has 3 rings (SSSR count). The first-order valence-corrected chi connectivity index (χ1v) is 8.45. The molecule has 0 spiro atoms. The van der Waals surface area contributed by atoms with Gasteiger partial charge in [-0.25, -0.2) is 0 Å². The molecule has 2 unspecified atom stereocenters. The Hall–Kier alpha value is -2.00. The van der Waals surface area contributed by atoms with Crippen LogP contribution in [0.2, 0.25) is 0 Å². The van der Waals surface area contributed by atoms with Crippen molar-refractivity contribution in [3.05, 3.63) is 60.2 Å². The van der Waals surface area contributed by atoms with E-state index in [-0.39, 0.29) is 12.1 Å². The van der Waals surface area contributed by atoms with Crippen LogP contribution in [-0.4, -0.2) is 19.3 Å². The summed E-state index contributed by atoms with van der Waals surface area (Å²) >= 11 is 0. The van der Waals surface area contributed by atoms with E-state index in [2.05, 4.69) is 24.4 Å². The molecular formula is C20H24NO2. The SMILES string of the molecule is CCCOc1ccc(OC2CCCNC2c2c[c]ccc2)cc1. The maximum atomic E-state index is 6.25. The van der Waals surface area contributed by atoms with Gasteiger partial charge in [0, 0.05) is 0 Å². The summed E-state index contributed by atoms with van der Waals surface area (Å²) in [5.74, 6) is 1.79. The molecule has 1 saturated heterocycles. The quantitative estimate of drug-likeness (QED) is 0.869. The summed E-state index contributed by atoms with van der Waals surface area (Å²) in [6.45, 7) is 3.89. The molecule has 1 aliphatic rings. The normalized spacial score (nSPS) is 20.9. The number of ether oxygens (including phenoxy) is 2. The summed E-state index contributed by atoms with van der Waals surface area (Å²) < 4.78 is 11.9. The van der Waals surface area contributed by atoms with E-state index in [0.29, 0.717) is 0 Å². The van der Waals surface area contributed by atoms with Gasteiger partial charge in [-0.15, -0.1) is 0 Å². The van der Waals surface area contributed by atoms with Gasteiger partial charge >= 0.3 is 0 Å². The number of piperidine rings is 1. The van der Waals surface area contributed by atoms with Crippen LogP contribution in [0.15, 0.2) is 48.5 Å². The van der Waals surface area contributed by atoms with Crippen molar-refractivity contribution in [1.82, 2.24) is 5.32 Å². The molecule has 0 saturated carbocycles. The summed E-state index contributed by atoms with van der Waals surface area (Å²) in [4.78, 5) is 0. The van der Waals surface area contributed by atoms with Gasteiger partial charge in [0.05, 0.1) is 12.6 Å². The standard InChI is InChI=1S/C20H24NO2/c1-2-15-22-17-10-12-18(13-11-17)23-19-9-6-14-21-20(19)16-7-4-3-5-8-16/h3-4,7-8,10-13,19-21H,2,6,9,14-15H2,1H3. The Labute approximate surface area is 138 Å². The van der Waals surface area contributed by atoms with Crippen LogP contribution in [0.4, 0.5) is 0 Å². The van der Waals surface area contributed by atoms with E-state index in [1.165, 1.54) is 5.56 Å². The van der Waals surface area contributed by atoms with Gasteiger partial charge in [0.1, 0.15) is 17.6 Å². The molecule has 23 heavy (non-hydrogen) atoms. The largest absolute Gasteiger partial charge is 0.494 e. The minimum atomic E-state index is 0.141. The molecule has 1 radical (unpaired) electrons. The number of rotatable bonds is 6. The first-order valence-electron chi connectivity index (χ1n) is 8.45. The second kappa shape index (κ2) is 8.02. The van der Waals surface area contributed by atoms with E-state index in [0.717, 1.165) is 43.9 Å². The fraction of sp³-hybridized carbons (Fsp3) is 0.400. The third kappa shape index (κ3) is 4.26. The summed E-state index contributed by atoms with van der Waals surface area (Å²) in [6, 6.07) is 19.5. The van der Waals surface area contributed by atoms with Crippen LogP contribution in [0.1, 0.15) is 37.8 Å². The summed E-state index contributed by atoms with van der Waals surface area (Å²) in [5.41, 5.74) is 1.24. The highest BCUT2D eigenvalue weighted by atomic mass is 16.5. The van der Waals surface area contributed by atoms with Crippen molar-refractivity contribution in [3.63, 3.8) is 0 Å². The monoisotopic (exact) mass is 310 g/mol. The molecule has 121 valence electrons. The van der Waals surface area contributed by atoms with Crippen LogP contribution in [0.25, 0.3) is 0 Å². The zero-order valence-corrected chi connectivity index (χ0v) is 13.6. The maximum absolute atomic E-state index is 6.25. The Morgan fingerprint density at radius 3 is 2.74 bits per heavy atom. The van der Waals surface area contributed by atoms with E-state index in [1.807, 2.05) is 42.5 Å². The van der Waals surface area contributed by atoms with Gasteiger partial charge in [-0.2, -0.15) is 0 Å². The van der Waals surface area contributed by atoms with Crippen LogP contribution in [0.3, 0.4) is 0 Å². The minimum absolute atomic E-state index is 0.141. The van der Waals surface area contributed by atoms with Crippen LogP contribution >= 0.6 is 0 Å². The lowest BCUT2D eigenvalue weighted by Gasteiger charge is -2.33. The molecule has 0 amide bonds. The van der Waals surface area contributed by atoms with Gasteiger partial charge in [0.25, 0.3) is 0 Å². The van der Waals surface area contributed by atoms with Crippen molar-refractivity contribution >= 4 is 0 Å². The Morgan fingerprint density at radius 2 is 2.00 bits per heavy atom. The minimum Gasteiger partial charge on any atom is -0.494 e. The van der Waals surface area contributed by atoms with Gasteiger partial charge in [0.15, 0.2) is 0 Å². The predicted molar refractivity (Wildman–Crippen MR) is 91.9 cm³/mol. The highest BCUT2D eigenvalue weighted by molar-refractivity contribution is 5.32. The number of nitrogens with one attached hydrogen (secondary N) is 1. The molecule has 1 fully saturated rings. The molecule has 1 N–H and O–H groups in total. The summed E-state index contributed by atoms with van der Waals surface area (Å²) in [7, 11) is 0. The van der Waals surface area contributed by atoms with Crippen LogP contribution < -0.4 is 14.8 Å². The second-order valence-electron chi connectivity index (χ2n) is 5.89. The molecule has 0 aliphatic carbocycles. The Kier molecular flexibility index (Phi) is 5.54. The van der Waals surface area contributed by atoms with Crippen molar-refractivity contribution in [2.75, 3.05) is 13.2 Å². The molecule has 0 aromatic heterocycles. The number of benzene rings is 2. The lowest BCUT2D eigenvalue weighted by Crippen LogP contribution is -2.40. The molecule has 0 bridgehead atoms. The second-order valence-corrected chi connectivity index (χ2v) is 5.89. The zero-order valence-electron chi connectivity index (χ0n) is 13.6. The smallest absolute Gasteiger partial charge is 0.120 e. The fourth-order valence-electron chi connectivity index (χ4n) is 2.93. The third-order valence-corrected chi connectivity index (χ3v) is 4.08. The number of hydrogen-bond donors (Lipinski definition) is 1. The summed E-state index contributed by atoms with van der Waals surface area (Å²) in [5, 5.41) is 3.58. The van der Waals surface area contributed by atoms with Crippen LogP contribution in [-0.2, 0) is 0 Å². The zero-order chi connectivity index (χ0) is 15.9. The van der Waals surface area contributed by atoms with E-state index < -0.39 is 0 Å². The summed E-state index contributed by atoms with van der Waals surface area (Å²) in [6.07, 6.45) is 3.35. The van der Waals surface area contributed by atoms with Gasteiger partial charge in [-0.1, -0.05) is 25.1 Å². The van der Waals surface area contributed by atoms with Crippen molar-refractivity contribution in [3.8, 4) is 11.5 Å². The first-order chi connectivity index (χ1) is 11.4. The van der Waals surface area contributed by atoms with Crippen LogP contribution in [0.5, 0.6) is 11.5 Å². The van der Waals surface area contributed by atoms with E-state index >= 15 is 0 Å². The molecule has 2 aromatic rings. The molecule has 2 aromatic carbocycles. The Bertz CT molecular complexity index is 582. The van der Waals surface area contributed by atoms with E-state index in [9.17, 15) is 0 Å². The highest BCUT2D eigenvalue weighted by Crippen LogP contribution is 2.28. The van der Waals surface area contributed by atoms with Gasteiger partial charge in [0.2, 0.25) is 0 Å². The Morgan fingerprint density at radius 1 is 1.17 bits per heavy atom. The van der Waals surface area contributed by atoms with Crippen molar-refractivity contribution < 1.29 is 9.47 Å². The van der Waals surface area contributed by atoms with Gasteiger partial charge in [-0.3, -0.25) is 0 Å². The molecule has 3 nitrogen and oxygen atoms in total. The van der Waals surface area contributed by atoms with Gasteiger partial charge < -0.3 is 14.8 Å². The van der Waals surface area contributed by atoms with Crippen molar-refractivity contribution in [1.29, 1.82) is 0 Å². The highest BCUT2D eigenvalue weighted by Gasteiger charge is 2.27. The first kappa shape index (κ1) is 15.9. The van der Waals surface area contributed by atoms with Crippen molar-refractivity contribution in [2.24, 2.45) is 0 Å².